The molecule has 1 amide bonds. The Morgan fingerprint density at radius 3 is 2.50 bits per heavy atom. The highest BCUT2D eigenvalue weighted by Gasteiger charge is 2.24. The second kappa shape index (κ2) is 7.48. The molecular formula is C21H15F2N3O2. The van der Waals surface area contributed by atoms with Crippen molar-refractivity contribution >= 4 is 16.9 Å². The largest absolute Gasteiger partial charge is 0.476 e. The lowest BCUT2D eigenvalue weighted by atomic mass is 10.1. The molecule has 0 unspecified atom stereocenters. The van der Waals surface area contributed by atoms with Gasteiger partial charge in [-0.05, 0) is 24.3 Å². The zero-order chi connectivity index (χ0) is 19.5. The van der Waals surface area contributed by atoms with Crippen molar-refractivity contribution < 1.29 is 18.3 Å². The molecule has 1 aromatic heterocycles. The Morgan fingerprint density at radius 2 is 1.71 bits per heavy atom. The number of aromatic nitrogens is 2. The molecular weight excluding hydrogens is 364 g/mol. The van der Waals surface area contributed by atoms with Crippen molar-refractivity contribution in [1.82, 2.24) is 9.66 Å². The number of halogens is 2. The Kier molecular flexibility index (Phi) is 4.72. The van der Waals surface area contributed by atoms with Crippen LogP contribution in [0.1, 0.15) is 11.7 Å². The number of para-hydroxylation sites is 2. The monoisotopic (exact) mass is 379 g/mol. The first-order chi connectivity index (χ1) is 13.6. The van der Waals surface area contributed by atoms with Crippen molar-refractivity contribution in [1.29, 1.82) is 0 Å². The van der Waals surface area contributed by atoms with E-state index < -0.39 is 23.6 Å². The molecule has 3 aromatic carbocycles. The summed E-state index contributed by atoms with van der Waals surface area (Å²) in [6, 6.07) is 19.2. The van der Waals surface area contributed by atoms with E-state index in [9.17, 15) is 13.6 Å². The second-order valence-corrected chi connectivity index (χ2v) is 6.06. The number of nitrogens with zero attached hydrogens (tertiary/aromatic N) is 2. The van der Waals surface area contributed by atoms with E-state index in [1.54, 1.807) is 30.3 Å². The normalized spacial score (nSPS) is 11.9. The van der Waals surface area contributed by atoms with Crippen LogP contribution in [0, 0.1) is 11.6 Å². The first-order valence-electron chi connectivity index (χ1n) is 8.51. The number of nitrogens with one attached hydrogen (secondary N) is 1. The fourth-order valence-corrected chi connectivity index (χ4v) is 2.81. The van der Waals surface area contributed by atoms with Crippen LogP contribution >= 0.6 is 0 Å². The van der Waals surface area contributed by atoms with E-state index in [4.69, 9.17) is 4.74 Å². The molecule has 1 heterocycles. The standard InChI is InChI=1S/C21H15F2N3O2/c22-16-11-10-15(12-17(16)23)28-20(14-6-2-1-3-7-14)21(27)25-26-13-24-18-8-4-5-9-19(18)26/h1-13,20H,(H,25,27)/t20-/m1/s1. The van der Waals surface area contributed by atoms with Gasteiger partial charge in [0.1, 0.15) is 12.1 Å². The van der Waals surface area contributed by atoms with Gasteiger partial charge in [0.05, 0.1) is 11.0 Å². The van der Waals surface area contributed by atoms with Crippen molar-refractivity contribution in [2.24, 2.45) is 0 Å². The van der Waals surface area contributed by atoms with Crippen molar-refractivity contribution in [2.45, 2.75) is 6.10 Å². The minimum atomic E-state index is -1.08. The van der Waals surface area contributed by atoms with E-state index in [2.05, 4.69) is 10.4 Å². The number of carbonyl (C=O) groups excluding carboxylic acids is 1. The Balaban J connectivity index is 1.64. The van der Waals surface area contributed by atoms with E-state index in [-0.39, 0.29) is 5.75 Å². The zero-order valence-corrected chi connectivity index (χ0v) is 14.5. The predicted molar refractivity (Wildman–Crippen MR) is 100 cm³/mol. The average molecular weight is 379 g/mol. The smallest absolute Gasteiger partial charge is 0.284 e. The van der Waals surface area contributed by atoms with Gasteiger partial charge < -0.3 is 4.74 Å². The Bertz CT molecular complexity index is 1130. The third-order valence-corrected chi connectivity index (χ3v) is 4.17. The van der Waals surface area contributed by atoms with E-state index in [0.717, 1.165) is 23.2 Å². The number of fused-ring (bicyclic) bond motifs is 1. The quantitative estimate of drug-likeness (QED) is 0.565. The van der Waals surface area contributed by atoms with E-state index in [1.165, 1.54) is 17.1 Å². The average Bonchev–Trinajstić information content (AvgIpc) is 3.12. The minimum Gasteiger partial charge on any atom is -0.476 e. The fourth-order valence-electron chi connectivity index (χ4n) is 2.81. The maximum Gasteiger partial charge on any atom is 0.284 e. The molecule has 4 aromatic rings. The number of amides is 1. The van der Waals surface area contributed by atoms with Gasteiger partial charge in [-0.1, -0.05) is 42.5 Å². The first kappa shape index (κ1) is 17.7. The van der Waals surface area contributed by atoms with Crippen LogP contribution in [0.15, 0.2) is 79.1 Å². The molecule has 0 fully saturated rings. The summed E-state index contributed by atoms with van der Waals surface area (Å²) in [6.07, 6.45) is 0.412. The summed E-state index contributed by atoms with van der Waals surface area (Å²) in [5.41, 5.74) is 4.74. The van der Waals surface area contributed by atoms with Crippen molar-refractivity contribution in [2.75, 3.05) is 5.43 Å². The van der Waals surface area contributed by atoms with Crippen molar-refractivity contribution in [3.63, 3.8) is 0 Å². The van der Waals surface area contributed by atoms with Gasteiger partial charge in [0.25, 0.3) is 5.91 Å². The molecule has 0 radical (unpaired) electrons. The Labute approximate surface area is 159 Å². The summed E-state index contributed by atoms with van der Waals surface area (Å²) in [6.45, 7) is 0. The summed E-state index contributed by atoms with van der Waals surface area (Å²) in [4.78, 5) is 17.2. The predicted octanol–water partition coefficient (Wildman–Crippen LogP) is 4.20. The summed E-state index contributed by atoms with van der Waals surface area (Å²) in [7, 11) is 0. The highest BCUT2D eigenvalue weighted by atomic mass is 19.2. The number of imidazole rings is 1. The number of carbonyl (C=O) groups is 1. The molecule has 0 saturated carbocycles. The van der Waals surface area contributed by atoms with Crippen LogP contribution in [0.25, 0.3) is 11.0 Å². The Hall–Kier alpha value is -3.74. The molecule has 0 bridgehead atoms. The van der Waals surface area contributed by atoms with Crippen LogP contribution in [0.5, 0.6) is 5.75 Å². The van der Waals surface area contributed by atoms with E-state index in [1.807, 2.05) is 24.3 Å². The molecule has 28 heavy (non-hydrogen) atoms. The first-order valence-corrected chi connectivity index (χ1v) is 8.51. The van der Waals surface area contributed by atoms with Crippen LogP contribution in [0.2, 0.25) is 0 Å². The highest BCUT2D eigenvalue weighted by Crippen LogP contribution is 2.24. The van der Waals surface area contributed by atoms with Gasteiger partial charge in [-0.2, -0.15) is 0 Å². The van der Waals surface area contributed by atoms with E-state index >= 15 is 0 Å². The molecule has 5 nitrogen and oxygen atoms in total. The van der Waals surface area contributed by atoms with Gasteiger partial charge in [0.15, 0.2) is 11.6 Å². The minimum absolute atomic E-state index is 0.0402. The molecule has 0 saturated heterocycles. The van der Waals surface area contributed by atoms with Crippen LogP contribution in [-0.4, -0.2) is 15.6 Å². The summed E-state index contributed by atoms with van der Waals surface area (Å²) >= 11 is 0. The third kappa shape index (κ3) is 3.55. The maximum atomic E-state index is 13.5. The summed E-state index contributed by atoms with van der Waals surface area (Å²) in [5.74, 6) is -2.49. The third-order valence-electron chi connectivity index (χ3n) is 4.17. The van der Waals surface area contributed by atoms with Crippen molar-refractivity contribution in [3.05, 3.63) is 96.3 Å². The number of hydrogen-bond donors (Lipinski definition) is 1. The van der Waals surface area contributed by atoms with Gasteiger partial charge in [-0.15, -0.1) is 0 Å². The highest BCUT2D eigenvalue weighted by molar-refractivity contribution is 5.91. The fraction of sp³-hybridized carbons (Fsp3) is 0.0476. The molecule has 1 atom stereocenters. The number of benzene rings is 3. The lowest BCUT2D eigenvalue weighted by molar-refractivity contribution is -0.124. The van der Waals surface area contributed by atoms with E-state index in [0.29, 0.717) is 5.56 Å². The molecule has 140 valence electrons. The summed E-state index contributed by atoms with van der Waals surface area (Å²) in [5, 5.41) is 0. The number of rotatable bonds is 5. The Morgan fingerprint density at radius 1 is 0.964 bits per heavy atom. The van der Waals surface area contributed by atoms with Crippen LogP contribution < -0.4 is 10.2 Å². The van der Waals surface area contributed by atoms with Gasteiger partial charge in [-0.3, -0.25) is 10.2 Å². The van der Waals surface area contributed by atoms with Gasteiger partial charge >= 0.3 is 0 Å². The SMILES string of the molecule is O=C(Nn1cnc2ccccc21)[C@H](Oc1ccc(F)c(F)c1)c1ccccc1. The lowest BCUT2D eigenvalue weighted by Crippen LogP contribution is -2.31. The van der Waals surface area contributed by atoms with Crippen molar-refractivity contribution in [3.8, 4) is 5.75 Å². The molecule has 0 aliphatic rings. The zero-order valence-electron chi connectivity index (χ0n) is 14.5. The molecule has 4 rings (SSSR count). The van der Waals surface area contributed by atoms with Gasteiger partial charge in [0, 0.05) is 11.6 Å². The van der Waals surface area contributed by atoms with Crippen LogP contribution in [0.3, 0.4) is 0 Å². The second-order valence-electron chi connectivity index (χ2n) is 6.06. The van der Waals surface area contributed by atoms with Crippen LogP contribution in [-0.2, 0) is 4.79 Å². The van der Waals surface area contributed by atoms with Crippen LogP contribution in [0.4, 0.5) is 8.78 Å². The molecule has 7 heteroatoms. The summed E-state index contributed by atoms with van der Waals surface area (Å²) < 4.78 is 33.9. The molecule has 1 N–H and O–H groups in total. The lowest BCUT2D eigenvalue weighted by Gasteiger charge is -2.19. The molecule has 0 spiro atoms. The van der Waals surface area contributed by atoms with Gasteiger partial charge in [0.2, 0.25) is 6.10 Å². The van der Waals surface area contributed by atoms with Gasteiger partial charge in [-0.25, -0.2) is 18.4 Å². The molecule has 0 aliphatic carbocycles. The topological polar surface area (TPSA) is 56.2 Å². The number of hydrogen-bond acceptors (Lipinski definition) is 3. The molecule has 0 aliphatic heterocycles. The number of ether oxygens (including phenoxy) is 1. The maximum absolute atomic E-state index is 13.5.